The van der Waals surface area contributed by atoms with Crippen molar-refractivity contribution in [1.29, 1.82) is 0 Å². The van der Waals surface area contributed by atoms with Crippen molar-refractivity contribution < 1.29 is 8.41 Å². The van der Waals surface area contributed by atoms with Crippen LogP contribution in [0.2, 0.25) is 0 Å². The zero-order valence-corrected chi connectivity index (χ0v) is 3.62. The molecule has 0 heterocycles. The zero-order chi connectivity index (χ0) is 4.28. The smallest absolute Gasteiger partial charge is 0.156 e. The SMILES string of the molecule is O=C=[N+](Cl)Cl. The zero-order valence-electron chi connectivity index (χ0n) is 2.11. The van der Waals surface area contributed by atoms with Gasteiger partial charge in [-0.3, -0.25) is 0 Å². The molecule has 0 unspecified atom stereocenters. The summed E-state index contributed by atoms with van der Waals surface area (Å²) in [6.07, 6.45) is 1.14. The summed E-state index contributed by atoms with van der Waals surface area (Å²) in [5.74, 6) is 0. The minimum absolute atomic E-state index is 0.264. The molecule has 0 saturated carbocycles. The van der Waals surface area contributed by atoms with Crippen molar-refractivity contribution in [1.82, 2.24) is 0 Å². The molecular formula is CCl2NO+. The first kappa shape index (κ1) is 4.96. The topological polar surface area (TPSA) is 20.1 Å². The predicted molar refractivity (Wildman–Crippen MR) is 17.7 cm³/mol. The molecule has 0 aliphatic rings. The van der Waals surface area contributed by atoms with E-state index in [4.69, 9.17) is 4.79 Å². The third-order valence-corrected chi connectivity index (χ3v) is 0.207. The van der Waals surface area contributed by atoms with Gasteiger partial charge in [-0.15, -0.1) is 0 Å². The highest BCUT2D eigenvalue weighted by atomic mass is 35.5. The van der Waals surface area contributed by atoms with Gasteiger partial charge in [-0.2, -0.15) is 4.79 Å². The van der Waals surface area contributed by atoms with E-state index in [9.17, 15) is 0 Å². The van der Waals surface area contributed by atoms with Crippen LogP contribution in [-0.4, -0.2) is 9.69 Å². The summed E-state index contributed by atoms with van der Waals surface area (Å²) in [7, 11) is 0. The Morgan fingerprint density at radius 3 is 1.80 bits per heavy atom. The van der Waals surface area contributed by atoms with Gasteiger partial charge in [-0.1, -0.05) is 0 Å². The molecule has 4 heteroatoms. The lowest BCUT2D eigenvalue weighted by atomic mass is 11.7. The fraction of sp³-hybridized carbons (Fsp3) is 0. The summed E-state index contributed by atoms with van der Waals surface area (Å²) in [5.41, 5.74) is 0. The summed E-state index contributed by atoms with van der Waals surface area (Å²) < 4.78 is 0.264. The van der Waals surface area contributed by atoms with Crippen molar-refractivity contribution in [3.8, 4) is 0 Å². The lowest BCUT2D eigenvalue weighted by molar-refractivity contribution is -0.179. The van der Waals surface area contributed by atoms with Crippen LogP contribution < -0.4 is 0 Å². The summed E-state index contributed by atoms with van der Waals surface area (Å²) in [6, 6.07) is 0. The van der Waals surface area contributed by atoms with Crippen LogP contribution in [0.5, 0.6) is 0 Å². The Morgan fingerprint density at radius 1 is 1.60 bits per heavy atom. The fourth-order valence-electron chi connectivity index (χ4n) is 0. The molecule has 0 aromatic carbocycles. The van der Waals surface area contributed by atoms with Crippen molar-refractivity contribution in [2.75, 3.05) is 0 Å². The molecule has 0 aliphatic heterocycles. The Hall–Kier alpha value is -0.0400. The molecule has 5 heavy (non-hydrogen) atoms. The lowest BCUT2D eigenvalue weighted by Gasteiger charge is -1.41. The Bertz CT molecular complexity index is 69.7. The number of hydrogen-bond acceptors (Lipinski definition) is 1. The van der Waals surface area contributed by atoms with E-state index in [0.29, 0.717) is 0 Å². The van der Waals surface area contributed by atoms with Crippen LogP contribution >= 0.6 is 23.6 Å². The average molecular weight is 113 g/mol. The summed E-state index contributed by atoms with van der Waals surface area (Å²) >= 11 is 9.27. The second-order valence-corrected chi connectivity index (χ2v) is 1.17. The van der Waals surface area contributed by atoms with E-state index in [-0.39, 0.29) is 3.61 Å². The van der Waals surface area contributed by atoms with Crippen LogP contribution in [-0.2, 0) is 4.79 Å². The van der Waals surface area contributed by atoms with Crippen molar-refractivity contribution >= 4 is 29.6 Å². The van der Waals surface area contributed by atoms with Gasteiger partial charge in [-0.25, -0.2) is 0 Å². The molecule has 0 rings (SSSR count). The third-order valence-electron chi connectivity index (χ3n) is 0.0690. The minimum atomic E-state index is 0.264. The number of isocyanates is 1. The first-order valence-corrected chi connectivity index (χ1v) is 1.44. The van der Waals surface area contributed by atoms with Crippen molar-refractivity contribution in [2.45, 2.75) is 0 Å². The maximum atomic E-state index is 9.04. The molecule has 0 radical (unpaired) electrons. The van der Waals surface area contributed by atoms with Crippen molar-refractivity contribution in [3.63, 3.8) is 0 Å². The number of carbonyl (C=O) groups excluding carboxylic acids is 1. The molecule has 0 aromatic rings. The van der Waals surface area contributed by atoms with E-state index in [2.05, 4.69) is 23.6 Å². The first-order valence-electron chi connectivity index (χ1n) is 0.766. The number of hydrogen-bond donors (Lipinski definition) is 0. The number of rotatable bonds is 0. The molecule has 0 aromatic heterocycles. The second-order valence-electron chi connectivity index (χ2n) is 0.324. The largest absolute Gasteiger partial charge is 0.470 e. The Kier molecular flexibility index (Phi) is 2.19. The Balaban J connectivity index is 3.60. The van der Waals surface area contributed by atoms with Crippen LogP contribution in [0.15, 0.2) is 0 Å². The molecule has 2 nitrogen and oxygen atoms in total. The average Bonchev–Trinajstić information content (AvgIpc) is 1.38. The van der Waals surface area contributed by atoms with E-state index in [1.54, 1.807) is 0 Å². The molecule has 0 aliphatic carbocycles. The highest BCUT2D eigenvalue weighted by molar-refractivity contribution is 6.22. The molecule has 0 amide bonds. The molecule has 0 atom stereocenters. The van der Waals surface area contributed by atoms with E-state index in [1.165, 1.54) is 0 Å². The quantitative estimate of drug-likeness (QED) is 0.256. The molecular weight excluding hydrogens is 113 g/mol. The van der Waals surface area contributed by atoms with E-state index < -0.39 is 0 Å². The van der Waals surface area contributed by atoms with E-state index in [0.717, 1.165) is 6.08 Å². The minimum Gasteiger partial charge on any atom is -0.156 e. The maximum absolute atomic E-state index is 9.04. The van der Waals surface area contributed by atoms with E-state index in [1.807, 2.05) is 0 Å². The van der Waals surface area contributed by atoms with Crippen LogP contribution in [0, 0.1) is 0 Å². The molecule has 0 bridgehead atoms. The van der Waals surface area contributed by atoms with Gasteiger partial charge in [0.2, 0.25) is 0 Å². The van der Waals surface area contributed by atoms with Gasteiger partial charge in [0, 0.05) is 0 Å². The van der Waals surface area contributed by atoms with Crippen LogP contribution in [0.3, 0.4) is 0 Å². The summed E-state index contributed by atoms with van der Waals surface area (Å²) in [4.78, 5) is 9.04. The normalized spacial score (nSPS) is 6.00. The molecule has 0 saturated heterocycles. The number of halogens is 2. The van der Waals surface area contributed by atoms with Gasteiger partial charge in [0.05, 0.1) is 3.61 Å². The van der Waals surface area contributed by atoms with Crippen LogP contribution in [0.4, 0.5) is 0 Å². The predicted octanol–water partition coefficient (Wildman–Crippen LogP) is 0.642. The third kappa shape index (κ3) is 3.96. The van der Waals surface area contributed by atoms with Gasteiger partial charge in [-0.05, 0) is 0 Å². The molecule has 0 spiro atoms. The second kappa shape index (κ2) is 2.21. The van der Waals surface area contributed by atoms with Crippen molar-refractivity contribution in [3.05, 3.63) is 0 Å². The standard InChI is InChI=1S/CCl2NO/c2-4(3)1-5/q+1. The van der Waals surface area contributed by atoms with Gasteiger partial charge >= 0.3 is 6.08 Å². The van der Waals surface area contributed by atoms with E-state index >= 15 is 0 Å². The van der Waals surface area contributed by atoms with Crippen molar-refractivity contribution in [2.24, 2.45) is 0 Å². The maximum Gasteiger partial charge on any atom is 0.470 e. The van der Waals surface area contributed by atoms with Crippen LogP contribution in [0.25, 0.3) is 0 Å². The van der Waals surface area contributed by atoms with Crippen LogP contribution in [0.1, 0.15) is 0 Å². The monoisotopic (exact) mass is 112 g/mol. The molecule has 0 N–H and O–H groups in total. The highest BCUT2D eigenvalue weighted by Gasteiger charge is 1.84. The first-order chi connectivity index (χ1) is 2.27. The molecule has 0 fully saturated rings. The highest BCUT2D eigenvalue weighted by Crippen LogP contribution is 1.78. The van der Waals surface area contributed by atoms with Gasteiger partial charge < -0.3 is 0 Å². The molecule has 28 valence electrons. The number of nitrogens with zero attached hydrogens (tertiary/aromatic N) is 1. The lowest BCUT2D eigenvalue weighted by Crippen LogP contribution is -1.66. The summed E-state index contributed by atoms with van der Waals surface area (Å²) in [6.45, 7) is 0. The summed E-state index contributed by atoms with van der Waals surface area (Å²) in [5, 5.41) is 0. The Labute approximate surface area is 38.8 Å². The van der Waals surface area contributed by atoms with Gasteiger partial charge in [0.15, 0.2) is 0 Å². The fourth-order valence-corrected chi connectivity index (χ4v) is 0. The van der Waals surface area contributed by atoms with Gasteiger partial charge in [0.1, 0.15) is 0 Å². The van der Waals surface area contributed by atoms with Gasteiger partial charge in [0.25, 0.3) is 23.6 Å². The Morgan fingerprint density at radius 2 is 1.80 bits per heavy atom.